The van der Waals surface area contributed by atoms with Crippen molar-refractivity contribution in [1.82, 2.24) is 0 Å². The standard InChI is InChI=1S/C16H16O2/c1-11(13-6-4-3-5-7-13)12(2)15-10-14(17)8-9-16(15)18/h3-10,17-18H,1-2H3. The van der Waals surface area contributed by atoms with Crippen LogP contribution in [0.4, 0.5) is 0 Å². The molecule has 0 aliphatic carbocycles. The molecule has 0 spiro atoms. The van der Waals surface area contributed by atoms with E-state index in [2.05, 4.69) is 0 Å². The van der Waals surface area contributed by atoms with Crippen LogP contribution in [0.2, 0.25) is 0 Å². The van der Waals surface area contributed by atoms with Gasteiger partial charge >= 0.3 is 0 Å². The summed E-state index contributed by atoms with van der Waals surface area (Å²) in [5.74, 6) is 0.337. The van der Waals surface area contributed by atoms with Crippen LogP contribution in [-0.2, 0) is 0 Å². The van der Waals surface area contributed by atoms with Gasteiger partial charge in [-0.1, -0.05) is 30.3 Å². The summed E-state index contributed by atoms with van der Waals surface area (Å²) in [6, 6.07) is 14.5. The van der Waals surface area contributed by atoms with Crippen molar-refractivity contribution in [3.05, 3.63) is 59.7 Å². The zero-order valence-electron chi connectivity index (χ0n) is 10.5. The van der Waals surface area contributed by atoms with Crippen molar-refractivity contribution >= 4 is 11.1 Å². The van der Waals surface area contributed by atoms with Gasteiger partial charge in [0.1, 0.15) is 11.5 Å². The van der Waals surface area contributed by atoms with Gasteiger partial charge in [0.25, 0.3) is 0 Å². The van der Waals surface area contributed by atoms with Crippen LogP contribution >= 0.6 is 0 Å². The van der Waals surface area contributed by atoms with Gasteiger partial charge < -0.3 is 10.2 Å². The fraction of sp³-hybridized carbons (Fsp3) is 0.125. The Morgan fingerprint density at radius 3 is 2.17 bits per heavy atom. The zero-order chi connectivity index (χ0) is 13.1. The Bertz CT molecular complexity index is 583. The summed E-state index contributed by atoms with van der Waals surface area (Å²) in [5, 5.41) is 19.4. The maximum atomic E-state index is 9.86. The van der Waals surface area contributed by atoms with Crippen molar-refractivity contribution in [3.8, 4) is 11.5 Å². The van der Waals surface area contributed by atoms with Gasteiger partial charge in [-0.05, 0) is 48.8 Å². The van der Waals surface area contributed by atoms with Crippen LogP contribution in [0.3, 0.4) is 0 Å². The lowest BCUT2D eigenvalue weighted by Crippen LogP contribution is -1.87. The molecule has 0 fully saturated rings. The maximum absolute atomic E-state index is 9.86. The van der Waals surface area contributed by atoms with Crippen molar-refractivity contribution in [2.75, 3.05) is 0 Å². The molecule has 0 saturated carbocycles. The average Bonchev–Trinajstić information content (AvgIpc) is 2.41. The van der Waals surface area contributed by atoms with Gasteiger partial charge in [0, 0.05) is 5.56 Å². The van der Waals surface area contributed by atoms with E-state index in [1.54, 1.807) is 6.07 Å². The summed E-state index contributed by atoms with van der Waals surface area (Å²) >= 11 is 0. The molecule has 0 aliphatic heterocycles. The first-order valence-corrected chi connectivity index (χ1v) is 5.85. The predicted molar refractivity (Wildman–Crippen MR) is 74.4 cm³/mol. The predicted octanol–water partition coefficient (Wildman–Crippen LogP) is 4.05. The Morgan fingerprint density at radius 2 is 1.50 bits per heavy atom. The second-order valence-electron chi connectivity index (χ2n) is 4.32. The van der Waals surface area contributed by atoms with Gasteiger partial charge in [-0.2, -0.15) is 0 Å². The Hall–Kier alpha value is -2.22. The molecule has 0 unspecified atom stereocenters. The molecule has 0 aliphatic rings. The summed E-state index contributed by atoms with van der Waals surface area (Å²) in [6.07, 6.45) is 0. The van der Waals surface area contributed by atoms with Crippen LogP contribution in [-0.4, -0.2) is 10.2 Å². The van der Waals surface area contributed by atoms with Gasteiger partial charge in [0.05, 0.1) is 0 Å². The molecule has 2 aromatic rings. The number of benzene rings is 2. The molecule has 0 bridgehead atoms. The number of aromatic hydroxyl groups is 2. The van der Waals surface area contributed by atoms with Crippen LogP contribution in [0.15, 0.2) is 48.5 Å². The molecule has 92 valence electrons. The Kier molecular flexibility index (Phi) is 3.38. The highest BCUT2D eigenvalue weighted by Gasteiger charge is 2.08. The lowest BCUT2D eigenvalue weighted by molar-refractivity contribution is 0.459. The Balaban J connectivity index is 2.53. The number of phenolic OH excluding ortho intramolecular Hbond substituents is 2. The molecule has 0 amide bonds. The van der Waals surface area contributed by atoms with E-state index in [1.807, 2.05) is 44.2 Å². The fourth-order valence-corrected chi connectivity index (χ4v) is 1.93. The highest BCUT2D eigenvalue weighted by Crippen LogP contribution is 2.33. The summed E-state index contributed by atoms with van der Waals surface area (Å²) in [7, 11) is 0. The summed E-state index contributed by atoms with van der Waals surface area (Å²) < 4.78 is 0. The maximum Gasteiger partial charge on any atom is 0.123 e. The number of hydrogen-bond acceptors (Lipinski definition) is 2. The van der Waals surface area contributed by atoms with Crippen molar-refractivity contribution in [2.45, 2.75) is 13.8 Å². The van der Waals surface area contributed by atoms with Gasteiger partial charge in [-0.15, -0.1) is 0 Å². The van der Waals surface area contributed by atoms with Crippen molar-refractivity contribution in [3.63, 3.8) is 0 Å². The van der Waals surface area contributed by atoms with Crippen molar-refractivity contribution in [1.29, 1.82) is 0 Å². The van der Waals surface area contributed by atoms with Crippen LogP contribution in [0.25, 0.3) is 11.1 Å². The number of phenols is 2. The molecule has 2 rings (SSSR count). The first kappa shape index (κ1) is 12.2. The lowest BCUT2D eigenvalue weighted by Gasteiger charge is -2.10. The number of allylic oxidation sites excluding steroid dienone is 2. The molecule has 0 atom stereocenters. The molecular weight excluding hydrogens is 224 g/mol. The van der Waals surface area contributed by atoms with E-state index >= 15 is 0 Å². The van der Waals surface area contributed by atoms with Crippen molar-refractivity contribution < 1.29 is 10.2 Å². The van der Waals surface area contributed by atoms with Gasteiger partial charge in [-0.25, -0.2) is 0 Å². The average molecular weight is 240 g/mol. The molecule has 2 N–H and O–H groups in total. The van der Waals surface area contributed by atoms with E-state index in [0.29, 0.717) is 5.56 Å². The minimum Gasteiger partial charge on any atom is -0.508 e. The molecule has 0 heterocycles. The second-order valence-corrected chi connectivity index (χ2v) is 4.32. The third-order valence-corrected chi connectivity index (χ3v) is 3.15. The SMILES string of the molecule is CC(=C(C)c1cc(O)ccc1O)c1ccccc1. The molecule has 2 aromatic carbocycles. The van der Waals surface area contributed by atoms with Crippen LogP contribution in [0.1, 0.15) is 25.0 Å². The molecular formula is C16H16O2. The molecule has 18 heavy (non-hydrogen) atoms. The molecule has 0 aromatic heterocycles. The minimum absolute atomic E-state index is 0.156. The second kappa shape index (κ2) is 4.96. The molecule has 0 radical (unpaired) electrons. The minimum atomic E-state index is 0.156. The summed E-state index contributed by atoms with van der Waals surface area (Å²) in [6.45, 7) is 3.95. The first-order chi connectivity index (χ1) is 8.59. The first-order valence-electron chi connectivity index (χ1n) is 5.85. The molecule has 2 nitrogen and oxygen atoms in total. The van der Waals surface area contributed by atoms with E-state index in [9.17, 15) is 10.2 Å². The van der Waals surface area contributed by atoms with Crippen molar-refractivity contribution in [2.24, 2.45) is 0 Å². The molecule has 0 saturated heterocycles. The Labute approximate surface area is 107 Å². The van der Waals surface area contributed by atoms with Gasteiger partial charge in [0.15, 0.2) is 0 Å². The fourth-order valence-electron chi connectivity index (χ4n) is 1.93. The van der Waals surface area contributed by atoms with Gasteiger partial charge in [0.2, 0.25) is 0 Å². The third kappa shape index (κ3) is 2.38. The van der Waals surface area contributed by atoms with Gasteiger partial charge in [-0.3, -0.25) is 0 Å². The summed E-state index contributed by atoms with van der Waals surface area (Å²) in [5.41, 5.74) is 3.81. The topological polar surface area (TPSA) is 40.5 Å². The summed E-state index contributed by atoms with van der Waals surface area (Å²) in [4.78, 5) is 0. The van der Waals surface area contributed by atoms with E-state index in [1.165, 1.54) is 12.1 Å². The monoisotopic (exact) mass is 240 g/mol. The van der Waals surface area contributed by atoms with Crippen LogP contribution < -0.4 is 0 Å². The van der Waals surface area contributed by atoms with Crippen LogP contribution in [0, 0.1) is 0 Å². The van der Waals surface area contributed by atoms with E-state index in [0.717, 1.165) is 16.7 Å². The zero-order valence-corrected chi connectivity index (χ0v) is 10.5. The van der Waals surface area contributed by atoms with E-state index < -0.39 is 0 Å². The van der Waals surface area contributed by atoms with E-state index in [-0.39, 0.29) is 11.5 Å². The number of hydrogen-bond donors (Lipinski definition) is 2. The smallest absolute Gasteiger partial charge is 0.123 e. The third-order valence-electron chi connectivity index (χ3n) is 3.15. The van der Waals surface area contributed by atoms with Crippen LogP contribution in [0.5, 0.6) is 11.5 Å². The highest BCUT2D eigenvalue weighted by atomic mass is 16.3. The highest BCUT2D eigenvalue weighted by molar-refractivity contribution is 5.90. The van der Waals surface area contributed by atoms with E-state index in [4.69, 9.17) is 0 Å². The Morgan fingerprint density at radius 1 is 0.833 bits per heavy atom. The normalized spacial score (nSPS) is 12.1. The quantitative estimate of drug-likeness (QED) is 0.614. The molecule has 2 heteroatoms. The lowest BCUT2D eigenvalue weighted by atomic mass is 9.96. The largest absolute Gasteiger partial charge is 0.508 e. The number of rotatable bonds is 2.